The van der Waals surface area contributed by atoms with E-state index in [1.54, 1.807) is 0 Å². The molecule has 8 rings (SSSR count). The minimum Gasteiger partial charge on any atom is -0.344 e. The van der Waals surface area contributed by atoms with Crippen LogP contribution in [0, 0.1) is 17.6 Å². The fourth-order valence-electron chi connectivity index (χ4n) is 8.00. The number of hydrogen-bond acceptors (Lipinski definition) is 10. The lowest BCUT2D eigenvalue weighted by molar-refractivity contribution is -0.123. The number of halogens is 7. The van der Waals surface area contributed by atoms with Gasteiger partial charge in [0.05, 0.1) is 50.7 Å². The number of amides is 1. The molecule has 62 heavy (non-hydrogen) atoms. The highest BCUT2D eigenvalue weighted by atomic mass is 35.5. The van der Waals surface area contributed by atoms with Crippen molar-refractivity contribution in [3.63, 3.8) is 0 Å². The van der Waals surface area contributed by atoms with Gasteiger partial charge in [0.1, 0.15) is 35.4 Å². The monoisotopic (exact) mass is 899 g/mol. The Bertz CT molecular complexity index is 3090. The Kier molecular flexibility index (Phi) is 10.6. The summed E-state index contributed by atoms with van der Waals surface area (Å²) in [6.45, 7) is 2.39. The van der Waals surface area contributed by atoms with Gasteiger partial charge in [-0.1, -0.05) is 11.6 Å². The first-order valence-electron chi connectivity index (χ1n) is 18.5. The van der Waals surface area contributed by atoms with E-state index < -0.39 is 87.7 Å². The third-order valence-electron chi connectivity index (χ3n) is 10.5. The lowest BCUT2D eigenvalue weighted by atomic mass is 10.0. The van der Waals surface area contributed by atoms with Crippen molar-refractivity contribution in [2.24, 2.45) is 23.0 Å². The summed E-state index contributed by atoms with van der Waals surface area (Å²) < 4.78 is 119. The molecular formula is C39H32ClF6N11O4S. The average molecular weight is 900 g/mol. The largest absolute Gasteiger partial charge is 0.344 e. The van der Waals surface area contributed by atoms with Crippen molar-refractivity contribution < 1.29 is 39.6 Å². The van der Waals surface area contributed by atoms with Crippen LogP contribution in [-0.2, 0) is 40.8 Å². The average Bonchev–Trinajstić information content (AvgIpc) is 3.73. The highest BCUT2D eigenvalue weighted by Gasteiger charge is 2.67. The molecule has 1 saturated carbocycles. The van der Waals surface area contributed by atoms with Crippen LogP contribution in [0.4, 0.5) is 32.2 Å². The Morgan fingerprint density at radius 1 is 1.11 bits per heavy atom. The first kappa shape index (κ1) is 42.3. The van der Waals surface area contributed by atoms with Crippen LogP contribution < -0.4 is 15.6 Å². The number of carbonyl (C=O) groups excluding carboxylic acids is 1. The Labute approximate surface area is 351 Å². The summed E-state index contributed by atoms with van der Waals surface area (Å²) in [7, 11) is -1.02. The molecule has 322 valence electrons. The molecular weight excluding hydrogens is 868 g/mol. The summed E-state index contributed by atoms with van der Waals surface area (Å²) in [6, 6.07) is 6.56. The zero-order valence-electron chi connectivity index (χ0n) is 32.5. The fourth-order valence-corrected chi connectivity index (χ4v) is 8.74. The number of aliphatic imine (C=N–C) groups is 2. The van der Waals surface area contributed by atoms with Gasteiger partial charge in [-0.15, -0.1) is 0 Å². The van der Waals surface area contributed by atoms with Gasteiger partial charge in [-0.3, -0.25) is 38.2 Å². The van der Waals surface area contributed by atoms with Crippen LogP contribution in [0.2, 0.25) is 5.02 Å². The molecule has 0 aliphatic heterocycles. The van der Waals surface area contributed by atoms with Gasteiger partial charge < -0.3 is 5.32 Å². The van der Waals surface area contributed by atoms with Gasteiger partial charge in [0.15, 0.2) is 11.5 Å². The number of hydrogen-bond donors (Lipinski definition) is 2. The molecule has 0 radical (unpaired) electrons. The summed E-state index contributed by atoms with van der Waals surface area (Å²) in [5, 5.41) is 10.6. The number of alkyl halides is 4. The number of rotatable bonds is 13. The maximum atomic E-state index is 15.5. The van der Waals surface area contributed by atoms with Gasteiger partial charge >= 0.3 is 0 Å². The van der Waals surface area contributed by atoms with Crippen LogP contribution in [0.25, 0.3) is 27.6 Å². The van der Waals surface area contributed by atoms with Crippen molar-refractivity contribution in [1.29, 1.82) is 0 Å². The second-order valence-corrected chi connectivity index (χ2v) is 16.9. The molecule has 4 heterocycles. The minimum absolute atomic E-state index is 0.00977. The van der Waals surface area contributed by atoms with E-state index in [2.05, 4.69) is 41.9 Å². The predicted octanol–water partition coefficient (Wildman–Crippen LogP) is 6.05. The number of aryl methyl sites for hydroxylation is 1. The highest BCUT2D eigenvalue weighted by Crippen LogP contribution is 2.68. The van der Waals surface area contributed by atoms with E-state index in [0.717, 1.165) is 23.0 Å². The second kappa shape index (κ2) is 15.5. The maximum absolute atomic E-state index is 15.5. The number of fused-ring (bicyclic) bond motifs is 5. The van der Waals surface area contributed by atoms with Crippen molar-refractivity contribution >= 4 is 67.7 Å². The molecule has 6 aromatic rings. The third-order valence-corrected chi connectivity index (χ3v) is 11.4. The van der Waals surface area contributed by atoms with Gasteiger partial charge in [-0.2, -0.15) is 19.0 Å². The summed E-state index contributed by atoms with van der Waals surface area (Å²) in [5.41, 5.74) is -2.51. The van der Waals surface area contributed by atoms with E-state index in [9.17, 15) is 35.6 Å². The number of pyridine rings is 1. The van der Waals surface area contributed by atoms with Crippen LogP contribution in [0.5, 0.6) is 0 Å². The molecule has 4 aromatic heterocycles. The van der Waals surface area contributed by atoms with Gasteiger partial charge in [-0.05, 0) is 67.1 Å². The Morgan fingerprint density at radius 3 is 2.50 bits per heavy atom. The quantitative estimate of drug-likeness (QED) is 0.104. The molecule has 0 saturated heterocycles. The van der Waals surface area contributed by atoms with Gasteiger partial charge in [0.2, 0.25) is 15.9 Å². The zero-order valence-corrected chi connectivity index (χ0v) is 34.1. The van der Waals surface area contributed by atoms with Crippen molar-refractivity contribution in [3.05, 3.63) is 116 Å². The molecule has 0 unspecified atom stereocenters. The van der Waals surface area contributed by atoms with Crippen molar-refractivity contribution in [1.82, 2.24) is 39.4 Å². The lowest BCUT2D eigenvalue weighted by Crippen LogP contribution is -2.38. The van der Waals surface area contributed by atoms with Crippen molar-refractivity contribution in [3.8, 4) is 5.69 Å². The third kappa shape index (κ3) is 7.50. The summed E-state index contributed by atoms with van der Waals surface area (Å²) in [5.74, 6) is -9.24. The number of aromatic nitrogens is 7. The molecule has 0 bridgehead atoms. The van der Waals surface area contributed by atoms with Gasteiger partial charge in [0.25, 0.3) is 17.9 Å². The zero-order chi connectivity index (χ0) is 44.6. The second-order valence-electron chi connectivity index (χ2n) is 14.7. The molecule has 15 nitrogen and oxygen atoms in total. The number of benzene rings is 2. The number of allylic oxidation sites excluding steroid dienone is 1. The molecule has 2 N–H and O–H groups in total. The van der Waals surface area contributed by atoms with Crippen LogP contribution in [0.3, 0.4) is 0 Å². The first-order valence-corrected chi connectivity index (χ1v) is 20.8. The van der Waals surface area contributed by atoms with Gasteiger partial charge in [-0.25, -0.2) is 35.9 Å². The van der Waals surface area contributed by atoms with Crippen LogP contribution in [-0.4, -0.2) is 74.2 Å². The number of nitrogens with one attached hydrogen (secondary N) is 2. The maximum Gasteiger partial charge on any atom is 0.293 e. The molecule has 2 aromatic carbocycles. The summed E-state index contributed by atoms with van der Waals surface area (Å²) >= 11 is 6.61. The first-order chi connectivity index (χ1) is 29.3. The smallest absolute Gasteiger partial charge is 0.293 e. The normalized spacial score (nSPS) is 17.5. The van der Waals surface area contributed by atoms with E-state index in [1.807, 2.05) is 0 Å². The van der Waals surface area contributed by atoms with Crippen LogP contribution >= 0.6 is 11.6 Å². The summed E-state index contributed by atoms with van der Waals surface area (Å²) in [6.07, 6.45) is -0.0174. The highest BCUT2D eigenvalue weighted by molar-refractivity contribution is 7.92. The molecule has 0 spiro atoms. The Morgan fingerprint density at radius 2 is 1.84 bits per heavy atom. The van der Waals surface area contributed by atoms with Crippen molar-refractivity contribution in [2.45, 2.75) is 43.7 Å². The Hall–Kier alpha value is -6.42. The van der Waals surface area contributed by atoms with E-state index >= 15 is 8.78 Å². The molecule has 2 aliphatic rings. The predicted molar refractivity (Wildman–Crippen MR) is 217 cm³/mol. The standard InChI is InChI=1S/C39H32ClF6N11O4S/c1-47-10-9-24(48-2)25-7-5-20-35(50-25)51-37(57(38(20)59)27-8-6-23(40)30-32(27)55(3)53-36(30)54-62(4,60)61)26(13-17-11-18(41)14-19(42)12-17)49-28(58)16-56-33-29(31(52-56)34(43)44)21-15-22(21)39(33,45)46/h5-12,14,21-22,26,34H,1,13,15-16H2,2-4H3,(H,49,58)(H,53,54)/b10-9-,48-24+/t21-,22+,26-/m0/s1. The van der Waals surface area contributed by atoms with E-state index in [0.29, 0.717) is 10.7 Å². The fraction of sp³-hybridized carbons (Fsp3) is 0.282. The van der Waals surface area contributed by atoms with E-state index in [1.165, 1.54) is 55.3 Å². The lowest BCUT2D eigenvalue weighted by Gasteiger charge is -2.24. The molecule has 23 heteroatoms. The van der Waals surface area contributed by atoms with E-state index in [-0.39, 0.29) is 73.2 Å². The molecule has 1 fully saturated rings. The SMILES string of the molecule is C=N/C=C\C(=N/C)c1ccc2c(=O)n(-c3ccc(Cl)c4c(NS(C)(=O)=O)nn(C)c34)c([C@H](Cc3cc(F)cc(F)c3)NC(=O)Cn3nc(C(F)F)c4c3C(F)(F)[C@@H]3C[C@H]43)nc2n1. The van der Waals surface area contributed by atoms with Gasteiger partial charge in [0, 0.05) is 44.3 Å². The van der Waals surface area contributed by atoms with Crippen molar-refractivity contribution in [2.75, 3.05) is 18.0 Å². The summed E-state index contributed by atoms with van der Waals surface area (Å²) in [4.78, 5) is 46.2. The number of sulfonamides is 1. The topological polar surface area (TPSA) is 183 Å². The van der Waals surface area contributed by atoms with E-state index in [4.69, 9.17) is 16.6 Å². The van der Waals surface area contributed by atoms with Crippen LogP contribution in [0.1, 0.15) is 58.8 Å². The Balaban J connectivity index is 1.36. The molecule has 3 atom stereocenters. The molecule has 1 amide bonds. The number of carbonyl (C=O) groups is 1. The van der Waals surface area contributed by atoms with Crippen LogP contribution in [0.15, 0.2) is 69.5 Å². The number of anilines is 1. The number of nitrogens with zero attached hydrogens (tertiary/aromatic N) is 9. The molecule has 2 aliphatic carbocycles. The minimum atomic E-state index is -3.93.